The van der Waals surface area contributed by atoms with Crippen LogP contribution in [0.5, 0.6) is 0 Å². The quantitative estimate of drug-likeness (QED) is 0.333. The first-order chi connectivity index (χ1) is 18.7. The van der Waals surface area contributed by atoms with E-state index in [-0.39, 0.29) is 23.7 Å². The fourth-order valence-electron chi connectivity index (χ4n) is 4.35. The number of esters is 1. The lowest BCUT2D eigenvalue weighted by atomic mass is 9.97. The molecule has 0 spiro atoms. The van der Waals surface area contributed by atoms with Gasteiger partial charge in [-0.2, -0.15) is 0 Å². The van der Waals surface area contributed by atoms with Gasteiger partial charge in [0.05, 0.1) is 17.2 Å². The third-order valence-corrected chi connectivity index (χ3v) is 7.10. The number of nitrogens with zero attached hydrogens (tertiary/aromatic N) is 1. The smallest absolute Gasteiger partial charge is 0.311 e. The molecule has 202 valence electrons. The minimum absolute atomic E-state index is 0.135. The van der Waals surface area contributed by atoms with Gasteiger partial charge in [-0.05, 0) is 79.9 Å². The number of rotatable bonds is 7. The molecule has 1 unspecified atom stereocenters. The van der Waals surface area contributed by atoms with Crippen LogP contribution < -0.4 is 10.6 Å². The van der Waals surface area contributed by atoms with E-state index in [4.69, 9.17) is 16.3 Å². The lowest BCUT2D eigenvalue weighted by molar-refractivity contribution is -0.152. The van der Waals surface area contributed by atoms with E-state index in [0.29, 0.717) is 35.7 Å². The fraction of sp³-hybridized carbons (Fsp3) is 0.241. The molecule has 3 amide bonds. The number of benzene rings is 3. The SMILES string of the molecule is Cc1cc(Br)ccc1C(=O)N1CCCC(C(=O)OCC(=O)Nc2ccccc2C(=O)Nc2ccc(Cl)cc2)C1. The molecule has 2 N–H and O–H groups in total. The van der Waals surface area contributed by atoms with Crippen LogP contribution in [0.1, 0.15) is 39.1 Å². The maximum Gasteiger partial charge on any atom is 0.311 e. The van der Waals surface area contributed by atoms with E-state index >= 15 is 0 Å². The molecule has 4 rings (SSSR count). The van der Waals surface area contributed by atoms with Crippen molar-refractivity contribution in [1.82, 2.24) is 4.90 Å². The number of anilines is 2. The number of hydrogen-bond donors (Lipinski definition) is 2. The minimum atomic E-state index is -0.579. The molecule has 3 aromatic carbocycles. The van der Waals surface area contributed by atoms with Crippen molar-refractivity contribution in [2.24, 2.45) is 5.92 Å². The maximum absolute atomic E-state index is 13.0. The normalized spacial score (nSPS) is 14.8. The summed E-state index contributed by atoms with van der Waals surface area (Å²) in [4.78, 5) is 52.8. The second-order valence-corrected chi connectivity index (χ2v) is 10.6. The van der Waals surface area contributed by atoms with Gasteiger partial charge >= 0.3 is 5.97 Å². The third-order valence-electron chi connectivity index (χ3n) is 6.35. The van der Waals surface area contributed by atoms with E-state index in [1.165, 1.54) is 0 Å². The van der Waals surface area contributed by atoms with E-state index in [0.717, 1.165) is 10.0 Å². The zero-order valence-electron chi connectivity index (χ0n) is 21.2. The van der Waals surface area contributed by atoms with Crippen LogP contribution in [-0.4, -0.2) is 48.3 Å². The summed E-state index contributed by atoms with van der Waals surface area (Å²) in [6, 6.07) is 18.6. The number of hydrogen-bond acceptors (Lipinski definition) is 5. The van der Waals surface area contributed by atoms with E-state index in [9.17, 15) is 19.2 Å². The standard InChI is InChI=1S/C29H27BrClN3O5/c1-18-15-20(30)8-13-23(18)28(37)34-14-4-5-19(16-34)29(38)39-17-26(35)33-25-7-3-2-6-24(25)27(36)32-22-11-9-21(31)10-12-22/h2-3,6-13,15,19H,4-5,14,16-17H2,1H3,(H,32,36)(H,33,35). The number of likely N-dealkylation sites (tertiary alicyclic amines) is 1. The molecule has 0 radical (unpaired) electrons. The predicted molar refractivity (Wildman–Crippen MR) is 153 cm³/mol. The van der Waals surface area contributed by atoms with Crippen molar-refractivity contribution in [2.45, 2.75) is 19.8 Å². The molecule has 1 aliphatic heterocycles. The first-order valence-corrected chi connectivity index (χ1v) is 13.6. The average molecular weight is 613 g/mol. The van der Waals surface area contributed by atoms with Crippen molar-refractivity contribution in [3.05, 3.63) is 92.9 Å². The summed E-state index contributed by atoms with van der Waals surface area (Å²) in [5.41, 5.74) is 2.51. The second kappa shape index (κ2) is 12.9. The van der Waals surface area contributed by atoms with Gasteiger partial charge in [0.2, 0.25) is 0 Å². The minimum Gasteiger partial charge on any atom is -0.455 e. The van der Waals surface area contributed by atoms with Crippen LogP contribution in [0.15, 0.2) is 71.2 Å². The third kappa shape index (κ3) is 7.46. The molecule has 3 aromatic rings. The molecule has 1 fully saturated rings. The van der Waals surface area contributed by atoms with Gasteiger partial charge in [-0.3, -0.25) is 19.2 Å². The van der Waals surface area contributed by atoms with E-state index in [2.05, 4.69) is 26.6 Å². The summed E-state index contributed by atoms with van der Waals surface area (Å²) in [5, 5.41) is 5.94. The first kappa shape index (κ1) is 28.3. The van der Waals surface area contributed by atoms with Crippen molar-refractivity contribution in [2.75, 3.05) is 30.3 Å². The Bertz CT molecular complexity index is 1400. The molecule has 1 aliphatic rings. The molecule has 8 nitrogen and oxygen atoms in total. The molecule has 1 heterocycles. The Labute approximate surface area is 239 Å². The summed E-state index contributed by atoms with van der Waals surface area (Å²) in [7, 11) is 0. The number of nitrogens with one attached hydrogen (secondary N) is 2. The highest BCUT2D eigenvalue weighted by molar-refractivity contribution is 9.10. The fourth-order valence-corrected chi connectivity index (χ4v) is 4.96. The van der Waals surface area contributed by atoms with Crippen LogP contribution in [0.25, 0.3) is 0 Å². The van der Waals surface area contributed by atoms with Crippen LogP contribution in [-0.2, 0) is 14.3 Å². The van der Waals surface area contributed by atoms with Crippen LogP contribution in [0.4, 0.5) is 11.4 Å². The monoisotopic (exact) mass is 611 g/mol. The first-order valence-electron chi connectivity index (χ1n) is 12.4. The topological polar surface area (TPSA) is 105 Å². The van der Waals surface area contributed by atoms with Crippen LogP contribution in [0, 0.1) is 12.8 Å². The number of halogens is 2. The van der Waals surface area contributed by atoms with Gasteiger partial charge in [-0.1, -0.05) is 39.7 Å². The van der Waals surface area contributed by atoms with Crippen molar-refractivity contribution in [1.29, 1.82) is 0 Å². The number of ether oxygens (including phenoxy) is 1. The molecule has 10 heteroatoms. The highest BCUT2D eigenvalue weighted by atomic mass is 79.9. The molecule has 0 aliphatic carbocycles. The van der Waals surface area contributed by atoms with Gasteiger partial charge < -0.3 is 20.3 Å². The van der Waals surface area contributed by atoms with Crippen molar-refractivity contribution in [3.8, 4) is 0 Å². The van der Waals surface area contributed by atoms with Gasteiger partial charge in [-0.15, -0.1) is 0 Å². The molecular formula is C29H27BrClN3O5. The Morgan fingerprint density at radius 3 is 2.49 bits per heavy atom. The Morgan fingerprint density at radius 2 is 1.74 bits per heavy atom. The molecule has 0 saturated carbocycles. The zero-order valence-corrected chi connectivity index (χ0v) is 23.6. The lowest BCUT2D eigenvalue weighted by Crippen LogP contribution is -2.43. The summed E-state index contributed by atoms with van der Waals surface area (Å²) in [6.07, 6.45) is 1.22. The Balaban J connectivity index is 1.31. The van der Waals surface area contributed by atoms with Crippen LogP contribution in [0.2, 0.25) is 5.02 Å². The van der Waals surface area contributed by atoms with Gasteiger partial charge in [0, 0.05) is 33.8 Å². The number of aryl methyl sites for hydroxylation is 1. The summed E-state index contributed by atoms with van der Waals surface area (Å²) < 4.78 is 6.18. The van der Waals surface area contributed by atoms with E-state index in [1.807, 2.05) is 19.1 Å². The lowest BCUT2D eigenvalue weighted by Gasteiger charge is -2.32. The summed E-state index contributed by atoms with van der Waals surface area (Å²) in [6.45, 7) is 2.13. The van der Waals surface area contributed by atoms with Crippen molar-refractivity contribution < 1.29 is 23.9 Å². The molecule has 39 heavy (non-hydrogen) atoms. The van der Waals surface area contributed by atoms with Crippen LogP contribution in [0.3, 0.4) is 0 Å². The largest absolute Gasteiger partial charge is 0.455 e. The second-order valence-electron chi connectivity index (χ2n) is 9.21. The number of amides is 3. The highest BCUT2D eigenvalue weighted by Gasteiger charge is 2.31. The van der Waals surface area contributed by atoms with Crippen molar-refractivity contribution in [3.63, 3.8) is 0 Å². The van der Waals surface area contributed by atoms with Gasteiger partial charge in [0.1, 0.15) is 0 Å². The maximum atomic E-state index is 13.0. The number of para-hydroxylation sites is 1. The van der Waals surface area contributed by atoms with Crippen LogP contribution >= 0.6 is 27.5 Å². The van der Waals surface area contributed by atoms with Crippen molar-refractivity contribution >= 4 is 62.6 Å². The van der Waals surface area contributed by atoms with Gasteiger partial charge in [0.25, 0.3) is 17.7 Å². The van der Waals surface area contributed by atoms with E-state index < -0.39 is 30.3 Å². The Morgan fingerprint density at radius 1 is 1.00 bits per heavy atom. The Hall–Kier alpha value is -3.69. The molecule has 1 atom stereocenters. The molecule has 0 aromatic heterocycles. The van der Waals surface area contributed by atoms with Gasteiger partial charge in [0.15, 0.2) is 6.61 Å². The number of piperidine rings is 1. The zero-order chi connectivity index (χ0) is 27.9. The van der Waals surface area contributed by atoms with Gasteiger partial charge in [-0.25, -0.2) is 0 Å². The Kier molecular flexibility index (Phi) is 9.37. The molecule has 0 bridgehead atoms. The molecular weight excluding hydrogens is 586 g/mol. The summed E-state index contributed by atoms with van der Waals surface area (Å²) >= 11 is 9.29. The number of carbonyl (C=O) groups is 4. The molecule has 1 saturated heterocycles. The van der Waals surface area contributed by atoms with E-state index in [1.54, 1.807) is 59.5 Å². The number of carbonyl (C=O) groups excluding carboxylic acids is 4. The highest BCUT2D eigenvalue weighted by Crippen LogP contribution is 2.23. The average Bonchev–Trinajstić information content (AvgIpc) is 2.93. The summed E-state index contributed by atoms with van der Waals surface area (Å²) in [5.74, 6) is -2.20. The predicted octanol–water partition coefficient (Wildman–Crippen LogP) is 5.70.